The molecule has 0 spiro atoms. The number of anilines is 1. The zero-order valence-electron chi connectivity index (χ0n) is 13.4. The molecule has 1 fully saturated rings. The van der Waals surface area contributed by atoms with Crippen molar-refractivity contribution >= 4 is 5.82 Å². The molecule has 0 aliphatic carbocycles. The van der Waals surface area contributed by atoms with Crippen LogP contribution in [0.5, 0.6) is 0 Å². The van der Waals surface area contributed by atoms with Crippen LogP contribution in [0.15, 0.2) is 35.5 Å². The van der Waals surface area contributed by atoms with Crippen molar-refractivity contribution in [1.29, 1.82) is 0 Å². The number of halogens is 3. The summed E-state index contributed by atoms with van der Waals surface area (Å²) in [4.78, 5) is 24.2. The summed E-state index contributed by atoms with van der Waals surface area (Å²) in [7, 11) is 0. The molecule has 0 saturated carbocycles. The first-order chi connectivity index (χ1) is 11.9. The van der Waals surface area contributed by atoms with Crippen LogP contribution in [0, 0.1) is 0 Å². The first-order valence-electron chi connectivity index (χ1n) is 7.98. The monoisotopic (exact) mass is 353 g/mol. The number of alkyl halides is 3. The molecule has 1 saturated heterocycles. The van der Waals surface area contributed by atoms with E-state index in [1.54, 1.807) is 0 Å². The van der Waals surface area contributed by atoms with E-state index in [1.807, 2.05) is 4.90 Å². The van der Waals surface area contributed by atoms with Crippen LogP contribution in [0.4, 0.5) is 19.0 Å². The average Bonchev–Trinajstić information content (AvgIpc) is 2.60. The number of aromatic nitrogens is 3. The highest BCUT2D eigenvalue weighted by molar-refractivity contribution is 5.36. The molecule has 0 radical (unpaired) electrons. The van der Waals surface area contributed by atoms with Gasteiger partial charge in [-0.2, -0.15) is 13.2 Å². The van der Waals surface area contributed by atoms with Gasteiger partial charge in [0, 0.05) is 44.3 Å². The molecule has 25 heavy (non-hydrogen) atoms. The van der Waals surface area contributed by atoms with E-state index in [0.29, 0.717) is 18.9 Å². The number of H-pyrrole nitrogens is 1. The molecule has 0 amide bonds. The molecule has 0 aromatic carbocycles. The Morgan fingerprint density at radius 2 is 2.16 bits per heavy atom. The van der Waals surface area contributed by atoms with Crippen LogP contribution in [0.25, 0.3) is 0 Å². The molecule has 9 heteroatoms. The summed E-state index contributed by atoms with van der Waals surface area (Å²) in [5, 5.41) is 3.13. The van der Waals surface area contributed by atoms with Gasteiger partial charge in [-0.25, -0.2) is 4.98 Å². The Kier molecular flexibility index (Phi) is 5.03. The smallest absolute Gasteiger partial charge is 0.350 e. The number of rotatable bonds is 4. The third-order valence-electron chi connectivity index (χ3n) is 4.16. The van der Waals surface area contributed by atoms with E-state index in [9.17, 15) is 18.0 Å². The standard InChI is InChI=1S/C16H18F3N5O/c17-16(18,19)12-4-1-5-20-13(12)9-23-11-3-2-8-24(10-11)14-15(25)22-7-6-21-14/h1,4-7,11,23H,2-3,8-10H2,(H,22,25)/t11-/m1/s1. The van der Waals surface area contributed by atoms with Gasteiger partial charge in [-0.3, -0.25) is 9.78 Å². The zero-order chi connectivity index (χ0) is 17.9. The molecule has 2 aromatic heterocycles. The van der Waals surface area contributed by atoms with Gasteiger partial charge in [0.1, 0.15) is 0 Å². The maximum Gasteiger partial charge on any atom is 0.418 e. The quantitative estimate of drug-likeness (QED) is 0.879. The Labute approximate surface area is 142 Å². The number of hydrogen-bond donors (Lipinski definition) is 2. The normalized spacial score (nSPS) is 18.4. The molecule has 1 aliphatic heterocycles. The van der Waals surface area contributed by atoms with Crippen molar-refractivity contribution < 1.29 is 13.2 Å². The summed E-state index contributed by atoms with van der Waals surface area (Å²) in [6.45, 7) is 1.22. The number of piperidine rings is 1. The number of hydrogen-bond acceptors (Lipinski definition) is 5. The number of pyridine rings is 1. The summed E-state index contributed by atoms with van der Waals surface area (Å²) >= 11 is 0. The summed E-state index contributed by atoms with van der Waals surface area (Å²) in [5.74, 6) is 0.336. The predicted octanol–water partition coefficient (Wildman–Crippen LogP) is 1.94. The van der Waals surface area contributed by atoms with Crippen LogP contribution < -0.4 is 15.8 Å². The van der Waals surface area contributed by atoms with Crippen LogP contribution in [-0.2, 0) is 12.7 Å². The van der Waals surface area contributed by atoms with Crippen molar-refractivity contribution in [2.45, 2.75) is 31.6 Å². The molecule has 6 nitrogen and oxygen atoms in total. The van der Waals surface area contributed by atoms with Gasteiger partial charge in [-0.05, 0) is 25.0 Å². The fourth-order valence-corrected chi connectivity index (χ4v) is 2.98. The lowest BCUT2D eigenvalue weighted by molar-refractivity contribution is -0.138. The highest BCUT2D eigenvalue weighted by atomic mass is 19.4. The molecule has 2 aromatic rings. The highest BCUT2D eigenvalue weighted by Crippen LogP contribution is 2.31. The maximum atomic E-state index is 13.0. The molecule has 2 N–H and O–H groups in total. The van der Waals surface area contributed by atoms with Gasteiger partial charge < -0.3 is 15.2 Å². The van der Waals surface area contributed by atoms with Crippen molar-refractivity contribution in [2.24, 2.45) is 0 Å². The van der Waals surface area contributed by atoms with Crippen molar-refractivity contribution in [3.63, 3.8) is 0 Å². The Morgan fingerprint density at radius 3 is 2.92 bits per heavy atom. The van der Waals surface area contributed by atoms with Crippen molar-refractivity contribution in [2.75, 3.05) is 18.0 Å². The second-order valence-corrected chi connectivity index (χ2v) is 5.90. The minimum atomic E-state index is -4.43. The second-order valence-electron chi connectivity index (χ2n) is 5.90. The molecule has 3 heterocycles. The van der Waals surface area contributed by atoms with Gasteiger partial charge >= 0.3 is 6.18 Å². The Hall–Kier alpha value is -2.42. The van der Waals surface area contributed by atoms with Gasteiger partial charge in [0.15, 0.2) is 5.82 Å². The number of nitrogens with one attached hydrogen (secondary N) is 2. The molecular weight excluding hydrogens is 335 g/mol. The van der Waals surface area contributed by atoms with Crippen LogP contribution in [0.3, 0.4) is 0 Å². The fourth-order valence-electron chi connectivity index (χ4n) is 2.98. The molecule has 1 atom stereocenters. The third kappa shape index (κ3) is 4.16. The van der Waals surface area contributed by atoms with E-state index in [4.69, 9.17) is 0 Å². The van der Waals surface area contributed by atoms with E-state index in [0.717, 1.165) is 18.9 Å². The number of aromatic amines is 1. The van der Waals surface area contributed by atoms with Crippen molar-refractivity contribution in [3.8, 4) is 0 Å². The lowest BCUT2D eigenvalue weighted by atomic mass is 10.1. The molecular formula is C16H18F3N5O. The maximum absolute atomic E-state index is 13.0. The minimum absolute atomic E-state index is 0.0206. The zero-order valence-corrected chi connectivity index (χ0v) is 13.4. The topological polar surface area (TPSA) is 73.9 Å². The summed E-state index contributed by atoms with van der Waals surface area (Å²) < 4.78 is 39.1. The van der Waals surface area contributed by atoms with E-state index in [1.165, 1.54) is 24.7 Å². The Balaban J connectivity index is 1.67. The lowest BCUT2D eigenvalue weighted by Crippen LogP contribution is -2.47. The highest BCUT2D eigenvalue weighted by Gasteiger charge is 2.34. The Morgan fingerprint density at radius 1 is 1.32 bits per heavy atom. The van der Waals surface area contributed by atoms with Crippen molar-refractivity contribution in [3.05, 3.63) is 52.3 Å². The van der Waals surface area contributed by atoms with Crippen LogP contribution in [0.1, 0.15) is 24.1 Å². The first kappa shape index (κ1) is 17.4. The summed E-state index contributed by atoms with van der Waals surface area (Å²) in [6.07, 6.45) is 1.54. The number of nitrogens with zero attached hydrogens (tertiary/aromatic N) is 3. The van der Waals surface area contributed by atoms with Crippen LogP contribution in [0.2, 0.25) is 0 Å². The summed E-state index contributed by atoms with van der Waals surface area (Å²) in [5.41, 5.74) is -1.02. The van der Waals surface area contributed by atoms with Gasteiger partial charge in [0.25, 0.3) is 5.56 Å². The van der Waals surface area contributed by atoms with E-state index in [-0.39, 0.29) is 23.8 Å². The molecule has 1 aliphatic rings. The van der Waals surface area contributed by atoms with E-state index < -0.39 is 11.7 Å². The first-order valence-corrected chi connectivity index (χ1v) is 7.98. The average molecular weight is 353 g/mol. The van der Waals surface area contributed by atoms with Gasteiger partial charge in [0.05, 0.1) is 11.3 Å². The molecule has 0 bridgehead atoms. The second kappa shape index (κ2) is 7.22. The van der Waals surface area contributed by atoms with Crippen molar-refractivity contribution in [1.82, 2.24) is 20.3 Å². The van der Waals surface area contributed by atoms with Crippen LogP contribution in [-0.4, -0.2) is 34.1 Å². The van der Waals surface area contributed by atoms with Gasteiger partial charge in [0.2, 0.25) is 0 Å². The molecule has 3 rings (SSSR count). The van der Waals surface area contributed by atoms with Gasteiger partial charge in [-0.15, -0.1) is 0 Å². The minimum Gasteiger partial charge on any atom is -0.350 e. The third-order valence-corrected chi connectivity index (χ3v) is 4.16. The summed E-state index contributed by atoms with van der Waals surface area (Å²) in [6, 6.07) is 2.27. The molecule has 134 valence electrons. The van der Waals surface area contributed by atoms with Crippen LogP contribution >= 0.6 is 0 Å². The fraction of sp³-hybridized carbons (Fsp3) is 0.438. The lowest BCUT2D eigenvalue weighted by Gasteiger charge is -2.33. The predicted molar refractivity (Wildman–Crippen MR) is 86.2 cm³/mol. The van der Waals surface area contributed by atoms with E-state index in [2.05, 4.69) is 20.3 Å². The Bertz CT molecular complexity index is 777. The van der Waals surface area contributed by atoms with E-state index >= 15 is 0 Å². The molecule has 0 unspecified atom stereocenters. The van der Waals surface area contributed by atoms with Gasteiger partial charge in [-0.1, -0.05) is 0 Å². The SMILES string of the molecule is O=c1[nH]ccnc1N1CCC[C@@H](NCc2ncccc2C(F)(F)F)C1. The largest absolute Gasteiger partial charge is 0.418 e.